The molecule has 2 aromatic rings. The first-order chi connectivity index (χ1) is 10.6. The van der Waals surface area contributed by atoms with Crippen LogP contribution in [0.2, 0.25) is 0 Å². The van der Waals surface area contributed by atoms with E-state index in [-0.39, 0.29) is 23.5 Å². The van der Waals surface area contributed by atoms with E-state index in [4.69, 9.17) is 4.42 Å². The molecule has 4 nitrogen and oxygen atoms in total. The van der Waals surface area contributed by atoms with Gasteiger partial charge < -0.3 is 9.73 Å². The van der Waals surface area contributed by atoms with Gasteiger partial charge in [0.05, 0.1) is 11.9 Å². The molecule has 1 aromatic heterocycles. The highest BCUT2D eigenvalue weighted by Crippen LogP contribution is 2.25. The van der Waals surface area contributed by atoms with Crippen LogP contribution in [0.3, 0.4) is 0 Å². The molecule has 0 aliphatic carbocycles. The third-order valence-corrected chi connectivity index (χ3v) is 4.13. The monoisotopic (exact) mass is 322 g/mol. The summed E-state index contributed by atoms with van der Waals surface area (Å²) < 4.78 is 18.5. The zero-order chi connectivity index (χ0) is 15.9. The van der Waals surface area contributed by atoms with Gasteiger partial charge in [-0.1, -0.05) is 25.6 Å². The molecule has 118 valence electrons. The van der Waals surface area contributed by atoms with Gasteiger partial charge in [0.15, 0.2) is 5.76 Å². The smallest absolute Gasteiger partial charge is 0.256 e. The number of thioether (sulfide) groups is 1. The van der Waals surface area contributed by atoms with E-state index in [1.807, 2.05) is 13.8 Å². The largest absolute Gasteiger partial charge is 0.431 e. The van der Waals surface area contributed by atoms with Crippen LogP contribution in [0.25, 0.3) is 11.3 Å². The SMILES string of the molecule is CCC(CC)NC(=O)CSc1ncc(-c2ccc(F)cc2)o1. The number of aromatic nitrogens is 1. The van der Waals surface area contributed by atoms with E-state index in [1.165, 1.54) is 23.9 Å². The molecule has 0 radical (unpaired) electrons. The number of halogens is 1. The van der Waals surface area contributed by atoms with Gasteiger partial charge in [0, 0.05) is 11.6 Å². The predicted molar refractivity (Wildman–Crippen MR) is 85.1 cm³/mol. The van der Waals surface area contributed by atoms with E-state index in [1.54, 1.807) is 18.3 Å². The van der Waals surface area contributed by atoms with Gasteiger partial charge in [-0.05, 0) is 37.1 Å². The molecule has 1 aromatic carbocycles. The van der Waals surface area contributed by atoms with Gasteiger partial charge in [0.2, 0.25) is 5.91 Å². The zero-order valence-corrected chi connectivity index (χ0v) is 13.5. The maximum absolute atomic E-state index is 12.9. The van der Waals surface area contributed by atoms with E-state index in [9.17, 15) is 9.18 Å². The Kier molecular flexibility index (Phi) is 6.00. The van der Waals surface area contributed by atoms with Crippen LogP contribution in [0.4, 0.5) is 4.39 Å². The Morgan fingerprint density at radius 3 is 2.64 bits per heavy atom. The van der Waals surface area contributed by atoms with Crippen LogP contribution in [0.5, 0.6) is 0 Å². The number of benzene rings is 1. The number of amides is 1. The van der Waals surface area contributed by atoms with E-state index in [0.29, 0.717) is 11.0 Å². The van der Waals surface area contributed by atoms with Crippen molar-refractivity contribution in [2.45, 2.75) is 38.0 Å². The van der Waals surface area contributed by atoms with Crippen molar-refractivity contribution in [3.05, 3.63) is 36.3 Å². The van der Waals surface area contributed by atoms with Crippen molar-refractivity contribution < 1.29 is 13.6 Å². The molecule has 2 rings (SSSR count). The standard InChI is InChI=1S/C16H19FN2O2S/c1-3-13(4-2)19-15(20)10-22-16-18-9-14(21-16)11-5-7-12(17)8-6-11/h5-9,13H,3-4,10H2,1-2H3,(H,19,20). The van der Waals surface area contributed by atoms with Crippen molar-refractivity contribution in [3.8, 4) is 11.3 Å². The topological polar surface area (TPSA) is 55.1 Å². The Labute approximate surface area is 133 Å². The van der Waals surface area contributed by atoms with Crippen LogP contribution in [0.1, 0.15) is 26.7 Å². The van der Waals surface area contributed by atoms with Crippen molar-refractivity contribution in [1.29, 1.82) is 0 Å². The van der Waals surface area contributed by atoms with Crippen molar-refractivity contribution in [2.75, 3.05) is 5.75 Å². The number of oxazole rings is 1. The second-order valence-electron chi connectivity index (χ2n) is 4.87. The fourth-order valence-corrected chi connectivity index (χ4v) is 2.58. The van der Waals surface area contributed by atoms with Crippen LogP contribution in [-0.2, 0) is 4.79 Å². The van der Waals surface area contributed by atoms with Gasteiger partial charge in [-0.2, -0.15) is 0 Å². The quantitative estimate of drug-likeness (QED) is 0.786. The molecular weight excluding hydrogens is 303 g/mol. The Morgan fingerprint density at radius 2 is 2.00 bits per heavy atom. The Hall–Kier alpha value is -1.82. The maximum Gasteiger partial charge on any atom is 0.256 e. The summed E-state index contributed by atoms with van der Waals surface area (Å²) in [5.74, 6) is 0.499. The molecule has 0 aliphatic heterocycles. The van der Waals surface area contributed by atoms with Crippen molar-refractivity contribution >= 4 is 17.7 Å². The lowest BCUT2D eigenvalue weighted by Gasteiger charge is -2.13. The summed E-state index contributed by atoms with van der Waals surface area (Å²) in [5.41, 5.74) is 0.752. The minimum atomic E-state index is -0.295. The van der Waals surface area contributed by atoms with Crippen LogP contribution in [0, 0.1) is 5.82 Å². The number of hydrogen-bond donors (Lipinski definition) is 1. The molecule has 0 saturated heterocycles. The lowest BCUT2D eigenvalue weighted by molar-refractivity contribution is -0.119. The first-order valence-corrected chi connectivity index (χ1v) is 8.24. The van der Waals surface area contributed by atoms with E-state index in [2.05, 4.69) is 10.3 Å². The number of carbonyl (C=O) groups is 1. The van der Waals surface area contributed by atoms with Crippen LogP contribution in [-0.4, -0.2) is 22.7 Å². The van der Waals surface area contributed by atoms with Gasteiger partial charge in [-0.3, -0.25) is 4.79 Å². The molecule has 0 unspecified atom stereocenters. The molecule has 1 heterocycles. The van der Waals surface area contributed by atoms with Gasteiger partial charge >= 0.3 is 0 Å². The number of rotatable bonds is 7. The zero-order valence-electron chi connectivity index (χ0n) is 12.6. The maximum atomic E-state index is 12.9. The fourth-order valence-electron chi connectivity index (χ4n) is 1.96. The average molecular weight is 322 g/mol. The highest BCUT2D eigenvalue weighted by molar-refractivity contribution is 7.99. The summed E-state index contributed by atoms with van der Waals surface area (Å²) in [4.78, 5) is 15.9. The minimum Gasteiger partial charge on any atom is -0.431 e. The lowest BCUT2D eigenvalue weighted by atomic mass is 10.2. The van der Waals surface area contributed by atoms with E-state index >= 15 is 0 Å². The molecule has 1 amide bonds. The van der Waals surface area contributed by atoms with Crippen LogP contribution >= 0.6 is 11.8 Å². The van der Waals surface area contributed by atoms with Gasteiger partial charge in [0.1, 0.15) is 5.82 Å². The number of hydrogen-bond acceptors (Lipinski definition) is 4. The highest BCUT2D eigenvalue weighted by atomic mass is 32.2. The fraction of sp³-hybridized carbons (Fsp3) is 0.375. The molecule has 0 fully saturated rings. The first-order valence-electron chi connectivity index (χ1n) is 7.26. The third-order valence-electron chi connectivity index (χ3n) is 3.29. The number of nitrogens with zero attached hydrogens (tertiary/aromatic N) is 1. The van der Waals surface area contributed by atoms with Gasteiger partial charge in [-0.25, -0.2) is 9.37 Å². The molecule has 22 heavy (non-hydrogen) atoms. The van der Waals surface area contributed by atoms with Crippen molar-refractivity contribution in [2.24, 2.45) is 0 Å². The molecule has 0 atom stereocenters. The highest BCUT2D eigenvalue weighted by Gasteiger charge is 2.12. The molecule has 0 saturated carbocycles. The molecule has 0 spiro atoms. The molecule has 6 heteroatoms. The first kappa shape index (κ1) is 16.5. The molecule has 1 N–H and O–H groups in total. The average Bonchev–Trinajstić information content (AvgIpc) is 3.00. The van der Waals surface area contributed by atoms with Crippen LogP contribution < -0.4 is 5.32 Å². The summed E-state index contributed by atoms with van der Waals surface area (Å²) in [6, 6.07) is 6.21. The normalized spacial score (nSPS) is 10.9. The number of carbonyl (C=O) groups excluding carboxylic acids is 1. The van der Waals surface area contributed by atoms with Gasteiger partial charge in [0.25, 0.3) is 5.22 Å². The van der Waals surface area contributed by atoms with E-state index in [0.717, 1.165) is 18.4 Å². The summed E-state index contributed by atoms with van der Waals surface area (Å²) in [6.07, 6.45) is 3.41. The van der Waals surface area contributed by atoms with Gasteiger partial charge in [-0.15, -0.1) is 0 Å². The summed E-state index contributed by atoms with van der Waals surface area (Å²) in [5, 5.41) is 3.39. The third kappa shape index (κ3) is 4.59. The second kappa shape index (κ2) is 7.98. The summed E-state index contributed by atoms with van der Waals surface area (Å²) in [7, 11) is 0. The summed E-state index contributed by atoms with van der Waals surface area (Å²) in [6.45, 7) is 4.09. The van der Waals surface area contributed by atoms with E-state index < -0.39 is 0 Å². The van der Waals surface area contributed by atoms with Crippen molar-refractivity contribution in [3.63, 3.8) is 0 Å². The Morgan fingerprint density at radius 1 is 1.32 bits per heavy atom. The summed E-state index contributed by atoms with van der Waals surface area (Å²) >= 11 is 1.25. The molecular formula is C16H19FN2O2S. The number of nitrogens with one attached hydrogen (secondary N) is 1. The molecule has 0 bridgehead atoms. The second-order valence-corrected chi connectivity index (χ2v) is 5.79. The predicted octanol–water partition coefficient (Wildman–Crippen LogP) is 3.88. The Bertz CT molecular complexity index is 609. The minimum absolute atomic E-state index is 0.0276. The lowest BCUT2D eigenvalue weighted by Crippen LogP contribution is -2.34. The Balaban J connectivity index is 1.89. The molecule has 0 aliphatic rings. The van der Waals surface area contributed by atoms with Crippen molar-refractivity contribution in [1.82, 2.24) is 10.3 Å². The van der Waals surface area contributed by atoms with Crippen LogP contribution in [0.15, 0.2) is 40.1 Å².